The van der Waals surface area contributed by atoms with E-state index >= 15 is 0 Å². The van der Waals surface area contributed by atoms with Crippen molar-refractivity contribution in [2.75, 3.05) is 0 Å². The fourth-order valence-electron chi connectivity index (χ4n) is 0.445. The van der Waals surface area contributed by atoms with Crippen molar-refractivity contribution in [1.29, 1.82) is 0 Å². The Bertz CT molecular complexity index is 119. The van der Waals surface area contributed by atoms with E-state index in [1.807, 2.05) is 0 Å². The number of hydrogen-bond acceptors (Lipinski definition) is 0. The second kappa shape index (κ2) is 2.82. The highest BCUT2D eigenvalue weighted by atomic mass is 19.3. The summed E-state index contributed by atoms with van der Waals surface area (Å²) in [6.07, 6.45) is 2.46. The lowest BCUT2D eigenvalue weighted by atomic mass is 9.91. The van der Waals surface area contributed by atoms with Crippen molar-refractivity contribution in [3.05, 3.63) is 0 Å². The van der Waals surface area contributed by atoms with E-state index in [0.717, 1.165) is 0 Å². The van der Waals surface area contributed by atoms with Crippen LogP contribution in [0.4, 0.5) is 8.78 Å². The Hall–Kier alpha value is -0.580. The molecule has 0 amide bonds. The second-order valence-electron chi connectivity index (χ2n) is 2.62. The average Bonchev–Trinajstić information content (AvgIpc) is 1.63. The molecule has 0 N–H and O–H groups in total. The number of terminal acetylenes is 1. The standard InChI is InChI=1S/C7H10F2/c1-4-7(2,3)5-6(8)9/h1,6H,5H2,2-3H3. The Morgan fingerprint density at radius 3 is 2.11 bits per heavy atom. The monoisotopic (exact) mass is 132 g/mol. The van der Waals surface area contributed by atoms with Crippen LogP contribution in [0, 0.1) is 17.8 Å². The molecule has 52 valence electrons. The van der Waals surface area contributed by atoms with Crippen LogP contribution >= 0.6 is 0 Å². The molecule has 0 heterocycles. The van der Waals surface area contributed by atoms with Crippen LogP contribution in [0.3, 0.4) is 0 Å². The fraction of sp³-hybridized carbons (Fsp3) is 0.714. The van der Waals surface area contributed by atoms with Crippen LogP contribution < -0.4 is 0 Å². The molecule has 0 nitrogen and oxygen atoms in total. The van der Waals surface area contributed by atoms with Gasteiger partial charge in [0.1, 0.15) is 0 Å². The first-order valence-electron chi connectivity index (χ1n) is 2.74. The molecule has 0 saturated heterocycles. The molecule has 2 heteroatoms. The van der Waals surface area contributed by atoms with Gasteiger partial charge in [0.25, 0.3) is 0 Å². The Kier molecular flexibility index (Phi) is 2.64. The smallest absolute Gasteiger partial charge is 0.210 e. The van der Waals surface area contributed by atoms with Crippen molar-refractivity contribution >= 4 is 0 Å². The van der Waals surface area contributed by atoms with Crippen molar-refractivity contribution in [1.82, 2.24) is 0 Å². The van der Waals surface area contributed by atoms with Crippen molar-refractivity contribution in [3.8, 4) is 12.3 Å². The molecule has 0 fully saturated rings. The van der Waals surface area contributed by atoms with Crippen LogP contribution in [0.1, 0.15) is 20.3 Å². The van der Waals surface area contributed by atoms with Crippen LogP contribution in [0.2, 0.25) is 0 Å². The predicted octanol–water partition coefficient (Wildman–Crippen LogP) is 2.30. The third-order valence-electron chi connectivity index (χ3n) is 1.06. The SMILES string of the molecule is C#CC(C)(C)CC(F)F. The van der Waals surface area contributed by atoms with Gasteiger partial charge in [0.05, 0.1) is 0 Å². The first kappa shape index (κ1) is 8.42. The zero-order chi connectivity index (χ0) is 7.49. The highest BCUT2D eigenvalue weighted by Gasteiger charge is 2.19. The summed E-state index contributed by atoms with van der Waals surface area (Å²) in [6, 6.07) is 0. The molecule has 0 aromatic carbocycles. The normalized spacial score (nSPS) is 11.6. The molecule has 9 heavy (non-hydrogen) atoms. The van der Waals surface area contributed by atoms with Gasteiger partial charge < -0.3 is 0 Å². The lowest BCUT2D eigenvalue weighted by Crippen LogP contribution is -2.12. The molecule has 0 bridgehead atoms. The number of hydrogen-bond donors (Lipinski definition) is 0. The highest BCUT2D eigenvalue weighted by Crippen LogP contribution is 2.22. The first-order valence-corrected chi connectivity index (χ1v) is 2.74. The Morgan fingerprint density at radius 2 is 2.00 bits per heavy atom. The van der Waals surface area contributed by atoms with E-state index in [2.05, 4.69) is 5.92 Å². The maximum atomic E-state index is 11.6. The van der Waals surface area contributed by atoms with Crippen LogP contribution in [0.5, 0.6) is 0 Å². The third kappa shape index (κ3) is 3.96. The van der Waals surface area contributed by atoms with Gasteiger partial charge in [0.15, 0.2) is 0 Å². The van der Waals surface area contributed by atoms with Crippen molar-refractivity contribution in [2.24, 2.45) is 5.41 Å². The van der Waals surface area contributed by atoms with Gasteiger partial charge in [-0.05, 0) is 13.8 Å². The Balaban J connectivity index is 3.76. The van der Waals surface area contributed by atoms with Crippen molar-refractivity contribution < 1.29 is 8.78 Å². The van der Waals surface area contributed by atoms with Crippen LogP contribution in [0.15, 0.2) is 0 Å². The van der Waals surface area contributed by atoms with Gasteiger partial charge in [-0.25, -0.2) is 8.78 Å². The zero-order valence-electron chi connectivity index (χ0n) is 5.62. The first-order chi connectivity index (χ1) is 3.98. The van der Waals surface area contributed by atoms with Crippen molar-refractivity contribution in [2.45, 2.75) is 26.7 Å². The number of rotatable bonds is 2. The molecule has 0 aliphatic heterocycles. The third-order valence-corrected chi connectivity index (χ3v) is 1.06. The van der Waals surface area contributed by atoms with Gasteiger partial charge in [-0.2, -0.15) is 0 Å². The molecule has 0 aromatic heterocycles. The highest BCUT2D eigenvalue weighted by molar-refractivity contribution is 5.00. The number of halogens is 2. The van der Waals surface area contributed by atoms with Gasteiger partial charge in [0.2, 0.25) is 6.43 Å². The summed E-state index contributed by atoms with van der Waals surface area (Å²) < 4.78 is 23.2. The molecule has 0 aliphatic carbocycles. The summed E-state index contributed by atoms with van der Waals surface area (Å²) in [6.45, 7) is 3.25. The summed E-state index contributed by atoms with van der Waals surface area (Å²) >= 11 is 0. The molecule has 0 radical (unpaired) electrons. The molecule has 0 spiro atoms. The van der Waals surface area contributed by atoms with Gasteiger partial charge in [-0.1, -0.05) is 0 Å². The van der Waals surface area contributed by atoms with Gasteiger partial charge in [0, 0.05) is 11.8 Å². The van der Waals surface area contributed by atoms with E-state index < -0.39 is 11.8 Å². The van der Waals surface area contributed by atoms with Crippen LogP contribution in [-0.2, 0) is 0 Å². The molecular formula is C7H10F2. The molecule has 0 rings (SSSR count). The maximum absolute atomic E-state index is 11.6. The van der Waals surface area contributed by atoms with Crippen molar-refractivity contribution in [3.63, 3.8) is 0 Å². The fourth-order valence-corrected chi connectivity index (χ4v) is 0.445. The molecule has 0 saturated carbocycles. The van der Waals surface area contributed by atoms with Gasteiger partial charge >= 0.3 is 0 Å². The predicted molar refractivity (Wildman–Crippen MR) is 33.2 cm³/mol. The Labute approximate surface area is 54.3 Å². The van der Waals surface area contributed by atoms with E-state index in [1.165, 1.54) is 0 Å². The Morgan fingerprint density at radius 1 is 1.56 bits per heavy atom. The van der Waals surface area contributed by atoms with Crippen LogP contribution in [0.25, 0.3) is 0 Å². The molecular weight excluding hydrogens is 122 g/mol. The molecule has 0 aromatic rings. The summed E-state index contributed by atoms with van der Waals surface area (Å²) in [4.78, 5) is 0. The molecule has 0 aliphatic rings. The summed E-state index contributed by atoms with van der Waals surface area (Å²) in [5, 5.41) is 0. The largest absolute Gasteiger partial charge is 0.240 e. The topological polar surface area (TPSA) is 0 Å². The zero-order valence-corrected chi connectivity index (χ0v) is 5.62. The average molecular weight is 132 g/mol. The van der Waals surface area contributed by atoms with E-state index in [9.17, 15) is 8.78 Å². The maximum Gasteiger partial charge on any atom is 0.240 e. The molecule has 0 atom stereocenters. The quantitative estimate of drug-likeness (QED) is 0.506. The minimum absolute atomic E-state index is 0.219. The van der Waals surface area contributed by atoms with Gasteiger partial charge in [-0.3, -0.25) is 0 Å². The van der Waals surface area contributed by atoms with E-state index in [1.54, 1.807) is 13.8 Å². The molecule has 0 unspecified atom stereocenters. The lowest BCUT2D eigenvalue weighted by molar-refractivity contribution is 0.106. The summed E-state index contributed by atoms with van der Waals surface area (Å²) in [5.41, 5.74) is -0.659. The number of alkyl halides is 2. The minimum atomic E-state index is -2.30. The van der Waals surface area contributed by atoms with E-state index in [0.29, 0.717) is 0 Å². The van der Waals surface area contributed by atoms with Crippen LogP contribution in [-0.4, -0.2) is 6.43 Å². The van der Waals surface area contributed by atoms with E-state index in [-0.39, 0.29) is 6.42 Å². The summed E-state index contributed by atoms with van der Waals surface area (Å²) in [7, 11) is 0. The van der Waals surface area contributed by atoms with E-state index in [4.69, 9.17) is 6.42 Å². The minimum Gasteiger partial charge on any atom is -0.210 e. The van der Waals surface area contributed by atoms with Gasteiger partial charge in [-0.15, -0.1) is 12.3 Å². The summed E-state index contributed by atoms with van der Waals surface area (Å²) in [5.74, 6) is 2.29. The second-order valence-corrected chi connectivity index (χ2v) is 2.62. The lowest BCUT2D eigenvalue weighted by Gasteiger charge is -2.15.